The number of benzene rings is 2. The lowest BCUT2D eigenvalue weighted by Gasteiger charge is -2.33. The SMILES string of the molecule is COCCCN1CCOc2ccc(COC3CNCC[C@@H]3c3ccc(OCCNCC4CCCCC4)cc3)cc21. The van der Waals surface area contributed by atoms with Crippen molar-refractivity contribution in [3.63, 3.8) is 0 Å². The fraction of sp³-hybridized carbons (Fsp3) is 0.636. The number of fused-ring (bicyclic) bond motifs is 1. The molecule has 0 amide bonds. The van der Waals surface area contributed by atoms with Crippen LogP contribution in [0, 0.1) is 5.92 Å². The van der Waals surface area contributed by atoms with Crippen molar-refractivity contribution >= 4 is 5.69 Å². The van der Waals surface area contributed by atoms with Crippen LogP contribution in [0.1, 0.15) is 62.0 Å². The van der Waals surface area contributed by atoms with Crippen LogP contribution in [0.2, 0.25) is 0 Å². The van der Waals surface area contributed by atoms with Gasteiger partial charge in [0.25, 0.3) is 0 Å². The topological polar surface area (TPSA) is 64.2 Å². The van der Waals surface area contributed by atoms with Crippen LogP contribution in [0.3, 0.4) is 0 Å². The smallest absolute Gasteiger partial charge is 0.142 e. The molecule has 2 atom stereocenters. The van der Waals surface area contributed by atoms with Gasteiger partial charge in [-0.2, -0.15) is 0 Å². The maximum absolute atomic E-state index is 6.55. The number of hydrogen-bond acceptors (Lipinski definition) is 7. The molecule has 1 saturated carbocycles. The first-order valence-electron chi connectivity index (χ1n) is 15.6. The van der Waals surface area contributed by atoms with Gasteiger partial charge in [0, 0.05) is 39.3 Å². The Morgan fingerprint density at radius 2 is 1.90 bits per heavy atom. The minimum absolute atomic E-state index is 0.134. The summed E-state index contributed by atoms with van der Waals surface area (Å²) in [5, 5.41) is 7.12. The molecule has 0 aromatic heterocycles. The molecule has 7 heteroatoms. The monoisotopic (exact) mass is 551 g/mol. The Balaban J connectivity index is 1.10. The van der Waals surface area contributed by atoms with Crippen LogP contribution in [0.5, 0.6) is 11.5 Å². The third-order valence-electron chi connectivity index (χ3n) is 8.66. The molecule has 2 heterocycles. The number of nitrogens with zero attached hydrogens (tertiary/aromatic N) is 1. The van der Waals surface area contributed by atoms with Gasteiger partial charge in [-0.15, -0.1) is 0 Å². The van der Waals surface area contributed by atoms with Crippen molar-refractivity contribution in [2.24, 2.45) is 5.92 Å². The van der Waals surface area contributed by atoms with E-state index < -0.39 is 0 Å². The lowest BCUT2D eigenvalue weighted by molar-refractivity contribution is 0.0106. The van der Waals surface area contributed by atoms with Gasteiger partial charge in [-0.25, -0.2) is 0 Å². The van der Waals surface area contributed by atoms with Gasteiger partial charge in [0.1, 0.15) is 24.7 Å². The summed E-state index contributed by atoms with van der Waals surface area (Å²) in [6, 6.07) is 15.2. The Kier molecular flexibility index (Phi) is 11.4. The average Bonchev–Trinajstić information content (AvgIpc) is 3.01. The fourth-order valence-electron chi connectivity index (χ4n) is 6.38. The van der Waals surface area contributed by atoms with Gasteiger partial charge < -0.3 is 34.5 Å². The zero-order valence-electron chi connectivity index (χ0n) is 24.4. The molecule has 2 fully saturated rings. The van der Waals surface area contributed by atoms with E-state index in [0.717, 1.165) is 82.7 Å². The summed E-state index contributed by atoms with van der Waals surface area (Å²) in [6.45, 7) is 8.61. The van der Waals surface area contributed by atoms with Gasteiger partial charge in [-0.3, -0.25) is 0 Å². The van der Waals surface area contributed by atoms with E-state index >= 15 is 0 Å². The van der Waals surface area contributed by atoms with E-state index in [2.05, 4.69) is 58.0 Å². The van der Waals surface area contributed by atoms with Crippen LogP contribution in [-0.2, 0) is 16.1 Å². The Morgan fingerprint density at radius 1 is 1.02 bits per heavy atom. The Labute approximate surface area is 240 Å². The average molecular weight is 552 g/mol. The molecule has 1 aliphatic carbocycles. The maximum Gasteiger partial charge on any atom is 0.142 e. The van der Waals surface area contributed by atoms with Gasteiger partial charge in [0.05, 0.1) is 24.9 Å². The van der Waals surface area contributed by atoms with Crippen molar-refractivity contribution < 1.29 is 18.9 Å². The maximum atomic E-state index is 6.55. The van der Waals surface area contributed by atoms with E-state index in [1.54, 1.807) is 7.11 Å². The Bertz CT molecular complexity index is 1010. The summed E-state index contributed by atoms with van der Waals surface area (Å²) in [4.78, 5) is 2.41. The third kappa shape index (κ3) is 8.35. The van der Waals surface area contributed by atoms with Crippen LogP contribution in [0.15, 0.2) is 42.5 Å². The fourth-order valence-corrected chi connectivity index (χ4v) is 6.38. The molecular weight excluding hydrogens is 502 g/mol. The third-order valence-corrected chi connectivity index (χ3v) is 8.66. The molecule has 0 spiro atoms. The van der Waals surface area contributed by atoms with Gasteiger partial charge in [-0.1, -0.05) is 37.5 Å². The molecule has 1 saturated heterocycles. The van der Waals surface area contributed by atoms with Crippen LogP contribution >= 0.6 is 0 Å². The van der Waals surface area contributed by atoms with Crippen LogP contribution in [-0.4, -0.2) is 72.3 Å². The van der Waals surface area contributed by atoms with Crippen molar-refractivity contribution in [2.45, 2.75) is 63.6 Å². The highest BCUT2D eigenvalue weighted by molar-refractivity contribution is 5.61. The second-order valence-corrected chi connectivity index (χ2v) is 11.6. The van der Waals surface area contributed by atoms with E-state index in [-0.39, 0.29) is 6.10 Å². The summed E-state index contributed by atoms with van der Waals surface area (Å²) >= 11 is 0. The van der Waals surface area contributed by atoms with Gasteiger partial charge in [-0.05, 0) is 80.1 Å². The van der Waals surface area contributed by atoms with Crippen molar-refractivity contribution in [1.82, 2.24) is 10.6 Å². The number of piperidine rings is 1. The number of rotatable bonds is 14. The van der Waals surface area contributed by atoms with E-state index in [1.807, 2.05) is 0 Å². The Hall–Kier alpha value is -2.32. The second-order valence-electron chi connectivity index (χ2n) is 11.6. The first-order valence-corrected chi connectivity index (χ1v) is 15.6. The lowest BCUT2D eigenvalue weighted by atomic mass is 9.87. The van der Waals surface area contributed by atoms with Crippen molar-refractivity contribution in [2.75, 3.05) is 71.1 Å². The minimum Gasteiger partial charge on any atom is -0.492 e. The molecule has 2 aliphatic heterocycles. The van der Waals surface area contributed by atoms with Crippen LogP contribution < -0.4 is 25.0 Å². The summed E-state index contributed by atoms with van der Waals surface area (Å²) < 4.78 is 23.8. The highest BCUT2D eigenvalue weighted by Gasteiger charge is 2.27. The normalized spacial score (nSPS) is 21.6. The summed E-state index contributed by atoms with van der Waals surface area (Å²) in [7, 11) is 1.76. The van der Waals surface area contributed by atoms with Crippen molar-refractivity contribution in [3.05, 3.63) is 53.6 Å². The Morgan fingerprint density at radius 3 is 2.75 bits per heavy atom. The first kappa shape index (κ1) is 29.2. The quantitative estimate of drug-likeness (QED) is 0.316. The van der Waals surface area contributed by atoms with E-state index in [9.17, 15) is 0 Å². The second kappa shape index (κ2) is 15.6. The van der Waals surface area contributed by atoms with E-state index in [1.165, 1.54) is 48.9 Å². The lowest BCUT2D eigenvalue weighted by Crippen LogP contribution is -2.41. The molecule has 1 unspecified atom stereocenters. The minimum atomic E-state index is 0.134. The molecule has 0 radical (unpaired) electrons. The number of ether oxygens (including phenoxy) is 4. The molecular formula is C33H49N3O4. The largest absolute Gasteiger partial charge is 0.492 e. The standard InChI is InChI=1S/C33H49N3O4/c1-37-19-5-17-36-18-21-39-32-13-8-27(22-31(32)36)25-40-33-24-34-15-14-30(33)28-9-11-29(12-10-28)38-20-16-35-23-26-6-3-2-4-7-26/h8-13,22,26,30,33-35H,2-7,14-21,23-25H2,1H3/t30-,33?/m1/s1. The molecule has 0 bridgehead atoms. The first-order chi connectivity index (χ1) is 19.8. The van der Waals surface area contributed by atoms with Crippen molar-refractivity contribution in [1.29, 1.82) is 0 Å². The highest BCUT2D eigenvalue weighted by Crippen LogP contribution is 2.34. The molecule has 7 nitrogen and oxygen atoms in total. The number of anilines is 1. The highest BCUT2D eigenvalue weighted by atomic mass is 16.5. The zero-order valence-corrected chi connectivity index (χ0v) is 24.4. The summed E-state index contributed by atoms with van der Waals surface area (Å²) in [6.07, 6.45) is 9.19. The van der Waals surface area contributed by atoms with Crippen molar-refractivity contribution in [3.8, 4) is 11.5 Å². The van der Waals surface area contributed by atoms with E-state index in [4.69, 9.17) is 18.9 Å². The van der Waals surface area contributed by atoms with Gasteiger partial charge in [0.2, 0.25) is 0 Å². The zero-order chi connectivity index (χ0) is 27.4. The van der Waals surface area contributed by atoms with E-state index in [0.29, 0.717) is 19.1 Å². The van der Waals surface area contributed by atoms with Crippen LogP contribution in [0.25, 0.3) is 0 Å². The molecule has 3 aliphatic rings. The van der Waals surface area contributed by atoms with Crippen LogP contribution in [0.4, 0.5) is 5.69 Å². The molecule has 220 valence electrons. The summed E-state index contributed by atoms with van der Waals surface area (Å²) in [5.41, 5.74) is 3.69. The predicted octanol–water partition coefficient (Wildman–Crippen LogP) is 5.13. The molecule has 2 N–H and O–H groups in total. The summed E-state index contributed by atoms with van der Waals surface area (Å²) in [5.74, 6) is 3.14. The van der Waals surface area contributed by atoms with Gasteiger partial charge in [0.15, 0.2) is 0 Å². The molecule has 5 rings (SSSR count). The molecule has 2 aromatic rings. The van der Waals surface area contributed by atoms with Gasteiger partial charge >= 0.3 is 0 Å². The predicted molar refractivity (Wildman–Crippen MR) is 161 cm³/mol. The number of hydrogen-bond donors (Lipinski definition) is 2. The number of nitrogens with one attached hydrogen (secondary N) is 2. The molecule has 40 heavy (non-hydrogen) atoms. The molecule has 2 aromatic carbocycles. The number of methoxy groups -OCH3 is 1.